The standard InChI is InChI=1S/C15H17NOS/c1-10(2)13(9-16)15(17)12-5-6-14-11(8-12)4-3-7-18-14/h5-6,8,10,13H,3-4,7H2,1-2H3. The van der Waals surface area contributed by atoms with E-state index >= 15 is 0 Å². The lowest BCUT2D eigenvalue weighted by Crippen LogP contribution is -2.19. The maximum absolute atomic E-state index is 12.3. The highest BCUT2D eigenvalue weighted by Gasteiger charge is 2.24. The Balaban J connectivity index is 2.29. The fraction of sp³-hybridized carbons (Fsp3) is 0.467. The second-order valence-electron chi connectivity index (χ2n) is 4.99. The van der Waals surface area contributed by atoms with Gasteiger partial charge >= 0.3 is 0 Å². The molecule has 0 saturated carbocycles. The van der Waals surface area contributed by atoms with Gasteiger partial charge in [-0.05, 0) is 42.2 Å². The number of hydrogen-bond acceptors (Lipinski definition) is 3. The minimum atomic E-state index is -0.528. The minimum absolute atomic E-state index is 0.0362. The molecule has 1 aliphatic rings. The van der Waals surface area contributed by atoms with Crippen molar-refractivity contribution < 1.29 is 4.79 Å². The molecule has 2 nitrogen and oxygen atoms in total. The van der Waals surface area contributed by atoms with Crippen LogP contribution in [0, 0.1) is 23.2 Å². The van der Waals surface area contributed by atoms with E-state index in [1.807, 2.05) is 43.8 Å². The number of thioether (sulfide) groups is 1. The van der Waals surface area contributed by atoms with Crippen molar-refractivity contribution in [3.63, 3.8) is 0 Å². The van der Waals surface area contributed by atoms with Crippen LogP contribution >= 0.6 is 11.8 Å². The third-order valence-electron chi connectivity index (χ3n) is 3.28. The summed E-state index contributed by atoms with van der Waals surface area (Å²) in [7, 11) is 0. The smallest absolute Gasteiger partial charge is 0.180 e. The lowest BCUT2D eigenvalue weighted by atomic mass is 9.88. The molecular formula is C15H17NOS. The van der Waals surface area contributed by atoms with Gasteiger partial charge in [-0.1, -0.05) is 19.9 Å². The Morgan fingerprint density at radius 2 is 2.22 bits per heavy atom. The van der Waals surface area contributed by atoms with Crippen LogP contribution in [0.25, 0.3) is 0 Å². The summed E-state index contributed by atoms with van der Waals surface area (Å²) in [6.45, 7) is 3.83. The van der Waals surface area contributed by atoms with Gasteiger partial charge in [-0.25, -0.2) is 0 Å². The van der Waals surface area contributed by atoms with Crippen molar-refractivity contribution >= 4 is 17.5 Å². The molecule has 0 amide bonds. The maximum Gasteiger partial charge on any atom is 0.180 e. The Labute approximate surface area is 112 Å². The van der Waals surface area contributed by atoms with Crippen molar-refractivity contribution in [2.24, 2.45) is 11.8 Å². The fourth-order valence-electron chi connectivity index (χ4n) is 2.20. The first-order valence-electron chi connectivity index (χ1n) is 6.33. The van der Waals surface area contributed by atoms with Crippen molar-refractivity contribution in [3.8, 4) is 6.07 Å². The predicted octanol–water partition coefficient (Wildman–Crippen LogP) is 3.70. The van der Waals surface area contributed by atoms with Crippen LogP contribution in [0.3, 0.4) is 0 Å². The average molecular weight is 259 g/mol. The molecule has 1 heterocycles. The molecule has 0 bridgehead atoms. The van der Waals surface area contributed by atoms with Crippen molar-refractivity contribution in [3.05, 3.63) is 29.3 Å². The van der Waals surface area contributed by atoms with E-state index in [4.69, 9.17) is 5.26 Å². The zero-order valence-electron chi connectivity index (χ0n) is 10.8. The molecule has 0 aromatic heterocycles. The number of fused-ring (bicyclic) bond motifs is 1. The van der Waals surface area contributed by atoms with Gasteiger partial charge in [0.15, 0.2) is 5.78 Å². The number of benzene rings is 1. The molecule has 0 saturated heterocycles. The van der Waals surface area contributed by atoms with E-state index in [9.17, 15) is 4.79 Å². The topological polar surface area (TPSA) is 40.9 Å². The molecule has 0 spiro atoms. The monoisotopic (exact) mass is 259 g/mol. The van der Waals surface area contributed by atoms with E-state index in [-0.39, 0.29) is 11.7 Å². The van der Waals surface area contributed by atoms with Crippen LogP contribution in [0.15, 0.2) is 23.1 Å². The van der Waals surface area contributed by atoms with Gasteiger partial charge in [0, 0.05) is 10.5 Å². The van der Waals surface area contributed by atoms with Crippen molar-refractivity contribution in [2.45, 2.75) is 31.6 Å². The molecule has 18 heavy (non-hydrogen) atoms. The SMILES string of the molecule is CC(C)C(C#N)C(=O)c1ccc2c(c1)CCCS2. The summed E-state index contributed by atoms with van der Waals surface area (Å²) in [5, 5.41) is 9.09. The zero-order chi connectivity index (χ0) is 13.1. The molecule has 3 heteroatoms. The van der Waals surface area contributed by atoms with E-state index < -0.39 is 5.92 Å². The Kier molecular flexibility index (Phi) is 4.08. The number of hydrogen-bond donors (Lipinski definition) is 0. The summed E-state index contributed by atoms with van der Waals surface area (Å²) < 4.78 is 0. The second-order valence-corrected chi connectivity index (χ2v) is 6.13. The van der Waals surface area contributed by atoms with E-state index in [1.54, 1.807) is 0 Å². The average Bonchev–Trinajstić information content (AvgIpc) is 2.38. The summed E-state index contributed by atoms with van der Waals surface area (Å²) in [6.07, 6.45) is 2.21. The molecular weight excluding hydrogens is 242 g/mol. The van der Waals surface area contributed by atoms with E-state index in [0.717, 1.165) is 12.2 Å². The molecule has 1 unspecified atom stereocenters. The number of carbonyl (C=O) groups excluding carboxylic acids is 1. The van der Waals surface area contributed by atoms with Gasteiger partial charge in [0.1, 0.15) is 5.92 Å². The molecule has 2 rings (SSSR count). The van der Waals surface area contributed by atoms with Gasteiger partial charge in [0.2, 0.25) is 0 Å². The number of Topliss-reactive ketones (excluding diaryl/α,β-unsaturated/α-hetero) is 1. The first-order valence-corrected chi connectivity index (χ1v) is 7.31. The number of nitriles is 1. The van der Waals surface area contributed by atoms with Crippen LogP contribution in [-0.4, -0.2) is 11.5 Å². The lowest BCUT2D eigenvalue weighted by Gasteiger charge is -2.17. The number of rotatable bonds is 3. The molecule has 0 fully saturated rings. The van der Waals surface area contributed by atoms with Crippen LogP contribution in [0.4, 0.5) is 0 Å². The van der Waals surface area contributed by atoms with Gasteiger partial charge in [-0.15, -0.1) is 11.8 Å². The molecule has 0 aliphatic carbocycles. The van der Waals surface area contributed by atoms with E-state index in [0.29, 0.717) is 5.56 Å². The third-order valence-corrected chi connectivity index (χ3v) is 4.48. The number of aryl methyl sites for hydroxylation is 1. The van der Waals surface area contributed by atoms with Gasteiger partial charge in [-0.2, -0.15) is 5.26 Å². The Morgan fingerprint density at radius 3 is 2.89 bits per heavy atom. The summed E-state index contributed by atoms with van der Waals surface area (Å²) in [6, 6.07) is 8.00. The second kappa shape index (κ2) is 5.58. The van der Waals surface area contributed by atoms with Crippen LogP contribution < -0.4 is 0 Å². The number of ketones is 1. The van der Waals surface area contributed by atoms with Crippen LogP contribution in [0.1, 0.15) is 36.2 Å². The minimum Gasteiger partial charge on any atom is -0.293 e. The summed E-state index contributed by atoms with van der Waals surface area (Å²) >= 11 is 1.85. The highest BCUT2D eigenvalue weighted by molar-refractivity contribution is 7.99. The van der Waals surface area contributed by atoms with E-state index in [1.165, 1.54) is 16.9 Å². The molecule has 1 aromatic rings. The quantitative estimate of drug-likeness (QED) is 0.777. The van der Waals surface area contributed by atoms with Gasteiger partial charge in [0.25, 0.3) is 0 Å². The van der Waals surface area contributed by atoms with Crippen molar-refractivity contribution in [2.75, 3.05) is 5.75 Å². The summed E-state index contributed by atoms with van der Waals surface area (Å²) in [5.74, 6) is 0.658. The highest BCUT2D eigenvalue weighted by Crippen LogP contribution is 2.31. The largest absolute Gasteiger partial charge is 0.293 e. The molecule has 1 atom stereocenters. The van der Waals surface area contributed by atoms with Gasteiger partial charge in [-0.3, -0.25) is 4.79 Å². The molecule has 94 valence electrons. The van der Waals surface area contributed by atoms with Gasteiger partial charge < -0.3 is 0 Å². The Bertz CT molecular complexity index is 502. The lowest BCUT2D eigenvalue weighted by molar-refractivity contribution is 0.0924. The Hall–Kier alpha value is -1.27. The molecule has 1 aliphatic heterocycles. The molecule has 0 radical (unpaired) electrons. The third kappa shape index (κ3) is 2.59. The predicted molar refractivity (Wildman–Crippen MR) is 73.8 cm³/mol. The van der Waals surface area contributed by atoms with Crippen molar-refractivity contribution in [1.29, 1.82) is 5.26 Å². The number of nitrogens with zero attached hydrogens (tertiary/aromatic N) is 1. The Morgan fingerprint density at radius 1 is 1.44 bits per heavy atom. The van der Waals surface area contributed by atoms with E-state index in [2.05, 4.69) is 6.07 Å². The molecule has 1 aromatic carbocycles. The normalized spacial score (nSPS) is 15.9. The first kappa shape index (κ1) is 13.2. The zero-order valence-corrected chi connectivity index (χ0v) is 11.6. The molecule has 0 N–H and O–H groups in total. The summed E-state index contributed by atoms with van der Waals surface area (Å²) in [4.78, 5) is 13.6. The first-order chi connectivity index (χ1) is 8.63. The number of carbonyl (C=O) groups is 1. The maximum atomic E-state index is 12.3. The van der Waals surface area contributed by atoms with Crippen LogP contribution in [0.2, 0.25) is 0 Å². The fourth-order valence-corrected chi connectivity index (χ4v) is 3.22. The van der Waals surface area contributed by atoms with Gasteiger partial charge in [0.05, 0.1) is 6.07 Å². The van der Waals surface area contributed by atoms with Crippen LogP contribution in [-0.2, 0) is 6.42 Å². The van der Waals surface area contributed by atoms with Crippen molar-refractivity contribution in [1.82, 2.24) is 0 Å². The van der Waals surface area contributed by atoms with Crippen LogP contribution in [0.5, 0.6) is 0 Å². The highest BCUT2D eigenvalue weighted by atomic mass is 32.2. The summed E-state index contributed by atoms with van der Waals surface area (Å²) in [5.41, 5.74) is 1.95.